The second kappa shape index (κ2) is 6.42. The smallest absolute Gasteiger partial charge is 0.115 e. The highest BCUT2D eigenvalue weighted by atomic mass is 16.3. The molecule has 1 N–H and O–H groups in total. The number of fused-ring (bicyclic) bond motifs is 2. The number of aromatic hydroxyl groups is 1. The van der Waals surface area contributed by atoms with E-state index in [9.17, 15) is 5.11 Å². The molecule has 0 amide bonds. The van der Waals surface area contributed by atoms with E-state index in [1.165, 1.54) is 62.7 Å². The minimum absolute atomic E-state index is 0.306. The van der Waals surface area contributed by atoms with Crippen LogP contribution in [0.5, 0.6) is 5.75 Å². The third kappa shape index (κ3) is 2.95. The lowest BCUT2D eigenvalue weighted by molar-refractivity contribution is 0.0478. The van der Waals surface area contributed by atoms with Gasteiger partial charge in [-0.05, 0) is 79.2 Å². The van der Waals surface area contributed by atoms with Gasteiger partial charge in [0, 0.05) is 12.6 Å². The molecule has 5 rings (SSSR count). The summed E-state index contributed by atoms with van der Waals surface area (Å²) in [5.74, 6) is 2.07. The average molecular weight is 348 g/mol. The number of phenolic OH excluding ortho intramolecular Hbond substituents is 1. The third-order valence-electron chi connectivity index (χ3n) is 7.29. The summed E-state index contributed by atoms with van der Waals surface area (Å²) in [7, 11) is 0. The van der Waals surface area contributed by atoms with E-state index in [1.807, 2.05) is 12.1 Å². The lowest BCUT2D eigenvalue weighted by Gasteiger charge is -2.51. The van der Waals surface area contributed by atoms with Crippen molar-refractivity contribution in [2.45, 2.75) is 55.9 Å². The van der Waals surface area contributed by atoms with E-state index in [0.717, 1.165) is 17.9 Å². The predicted molar refractivity (Wildman–Crippen MR) is 106 cm³/mol. The second-order valence-corrected chi connectivity index (χ2v) is 8.84. The van der Waals surface area contributed by atoms with E-state index in [4.69, 9.17) is 0 Å². The van der Waals surface area contributed by atoms with Crippen LogP contribution in [0.2, 0.25) is 0 Å². The minimum atomic E-state index is 0.306. The molecule has 2 aliphatic carbocycles. The summed E-state index contributed by atoms with van der Waals surface area (Å²) in [6.45, 7) is 2.50. The Hall–Kier alpha value is -1.80. The Morgan fingerprint density at radius 3 is 2.77 bits per heavy atom. The maximum Gasteiger partial charge on any atom is 0.115 e. The lowest BCUT2D eigenvalue weighted by Crippen LogP contribution is -2.52. The van der Waals surface area contributed by atoms with Crippen LogP contribution in [0, 0.1) is 5.92 Å². The van der Waals surface area contributed by atoms with Gasteiger partial charge in [0.2, 0.25) is 0 Å². The molecular weight excluding hydrogens is 318 g/mol. The zero-order valence-electron chi connectivity index (χ0n) is 15.5. The lowest BCUT2D eigenvalue weighted by atomic mass is 9.63. The van der Waals surface area contributed by atoms with Gasteiger partial charge < -0.3 is 10.0 Å². The van der Waals surface area contributed by atoms with Crippen molar-refractivity contribution in [3.63, 3.8) is 0 Å². The molecule has 2 aromatic rings. The first-order valence-corrected chi connectivity index (χ1v) is 10.3. The average Bonchev–Trinajstić information content (AvgIpc) is 3.45. The van der Waals surface area contributed by atoms with Crippen LogP contribution in [0.4, 0.5) is 0 Å². The number of hydrogen-bond donors (Lipinski definition) is 1. The molecule has 0 spiro atoms. The van der Waals surface area contributed by atoms with Gasteiger partial charge in [-0.2, -0.15) is 0 Å². The third-order valence-corrected chi connectivity index (χ3v) is 7.29. The zero-order valence-corrected chi connectivity index (χ0v) is 15.5. The van der Waals surface area contributed by atoms with Crippen molar-refractivity contribution in [1.29, 1.82) is 0 Å². The molecule has 3 fully saturated rings. The largest absolute Gasteiger partial charge is 0.508 e. The summed E-state index contributed by atoms with van der Waals surface area (Å²) >= 11 is 0. The van der Waals surface area contributed by atoms with Crippen molar-refractivity contribution in [3.05, 3.63) is 65.7 Å². The van der Waals surface area contributed by atoms with Gasteiger partial charge in [0.05, 0.1) is 0 Å². The number of rotatable bonds is 4. The molecule has 2 bridgehead atoms. The highest BCUT2D eigenvalue weighted by Gasteiger charge is 2.46. The molecule has 4 atom stereocenters. The first-order valence-electron chi connectivity index (χ1n) is 10.3. The molecule has 3 aliphatic rings. The Kier molecular flexibility index (Phi) is 4.04. The van der Waals surface area contributed by atoms with E-state index in [1.54, 1.807) is 6.07 Å². The molecule has 2 nitrogen and oxygen atoms in total. The van der Waals surface area contributed by atoms with Gasteiger partial charge in [-0.25, -0.2) is 0 Å². The van der Waals surface area contributed by atoms with E-state index in [2.05, 4.69) is 41.3 Å². The van der Waals surface area contributed by atoms with Gasteiger partial charge in [0.15, 0.2) is 0 Å². The molecule has 2 saturated carbocycles. The van der Waals surface area contributed by atoms with Gasteiger partial charge in [-0.1, -0.05) is 48.9 Å². The Labute approximate surface area is 156 Å². The number of nitrogens with zero attached hydrogens (tertiary/aromatic N) is 1. The maximum absolute atomic E-state index is 9.94. The van der Waals surface area contributed by atoms with Gasteiger partial charge in [-0.15, -0.1) is 0 Å². The van der Waals surface area contributed by atoms with Gasteiger partial charge >= 0.3 is 0 Å². The van der Waals surface area contributed by atoms with E-state index < -0.39 is 0 Å². The van der Waals surface area contributed by atoms with Crippen molar-refractivity contribution < 1.29 is 5.11 Å². The van der Waals surface area contributed by atoms with Gasteiger partial charge in [-0.3, -0.25) is 0 Å². The number of benzene rings is 2. The van der Waals surface area contributed by atoms with Crippen LogP contribution in [-0.4, -0.2) is 29.1 Å². The first kappa shape index (κ1) is 16.4. The minimum Gasteiger partial charge on any atom is -0.508 e. The Balaban J connectivity index is 1.27. The zero-order chi connectivity index (χ0) is 17.6. The summed E-state index contributed by atoms with van der Waals surface area (Å²) in [6, 6.07) is 19.9. The Morgan fingerprint density at radius 1 is 1.04 bits per heavy atom. The number of likely N-dealkylation sites (tertiary alicyclic amines) is 1. The van der Waals surface area contributed by atoms with Crippen LogP contribution < -0.4 is 0 Å². The standard InChI is InChI=1S/C24H29NO/c26-22-10-4-8-20(15-22)24-11-5-9-21(16-24)25(13-12-24)17-19-14-23(19)18-6-2-1-3-7-18/h1-4,6-8,10,15,19,21,23,26H,5,9,11-14,16-17H2/t19-,21-,23+,24+/m0/s1. The summed E-state index contributed by atoms with van der Waals surface area (Å²) in [5.41, 5.74) is 3.21. The molecule has 2 aromatic carbocycles. The molecule has 26 heavy (non-hydrogen) atoms. The van der Waals surface area contributed by atoms with Crippen LogP contribution in [0.1, 0.15) is 55.6 Å². The van der Waals surface area contributed by atoms with Gasteiger partial charge in [0.25, 0.3) is 0 Å². The summed E-state index contributed by atoms with van der Waals surface area (Å²) in [5, 5.41) is 9.94. The first-order chi connectivity index (χ1) is 12.7. The van der Waals surface area contributed by atoms with Crippen LogP contribution in [0.15, 0.2) is 54.6 Å². The van der Waals surface area contributed by atoms with E-state index >= 15 is 0 Å². The van der Waals surface area contributed by atoms with Crippen LogP contribution in [-0.2, 0) is 5.41 Å². The predicted octanol–water partition coefficient (Wildman–Crippen LogP) is 5.08. The van der Waals surface area contributed by atoms with Crippen molar-refractivity contribution in [1.82, 2.24) is 4.90 Å². The molecule has 1 heterocycles. The van der Waals surface area contributed by atoms with E-state index in [0.29, 0.717) is 11.2 Å². The fourth-order valence-corrected chi connectivity index (χ4v) is 5.75. The number of phenols is 1. The summed E-state index contributed by atoms with van der Waals surface area (Å²) in [6.07, 6.45) is 7.85. The molecule has 1 saturated heterocycles. The quantitative estimate of drug-likeness (QED) is 0.833. The molecule has 2 heteroatoms. The maximum atomic E-state index is 9.94. The number of hydrogen-bond acceptors (Lipinski definition) is 2. The van der Waals surface area contributed by atoms with E-state index in [-0.39, 0.29) is 0 Å². The Bertz CT molecular complexity index is 773. The van der Waals surface area contributed by atoms with Crippen LogP contribution in [0.25, 0.3) is 0 Å². The fraction of sp³-hybridized carbons (Fsp3) is 0.500. The highest BCUT2D eigenvalue weighted by Crippen LogP contribution is 2.51. The van der Waals surface area contributed by atoms with Gasteiger partial charge in [0.1, 0.15) is 5.75 Å². The molecule has 1 aliphatic heterocycles. The fourth-order valence-electron chi connectivity index (χ4n) is 5.75. The monoisotopic (exact) mass is 347 g/mol. The van der Waals surface area contributed by atoms with Crippen LogP contribution in [0.3, 0.4) is 0 Å². The second-order valence-electron chi connectivity index (χ2n) is 8.84. The highest BCUT2D eigenvalue weighted by molar-refractivity contribution is 5.34. The summed E-state index contributed by atoms with van der Waals surface area (Å²) < 4.78 is 0. The molecule has 0 aromatic heterocycles. The van der Waals surface area contributed by atoms with Crippen molar-refractivity contribution in [2.75, 3.05) is 13.1 Å². The Morgan fingerprint density at radius 2 is 1.92 bits per heavy atom. The van der Waals surface area contributed by atoms with Crippen molar-refractivity contribution >= 4 is 0 Å². The van der Waals surface area contributed by atoms with Crippen molar-refractivity contribution in [3.8, 4) is 5.75 Å². The normalized spacial score (nSPS) is 33.8. The summed E-state index contributed by atoms with van der Waals surface area (Å²) in [4.78, 5) is 2.80. The van der Waals surface area contributed by atoms with Crippen molar-refractivity contribution in [2.24, 2.45) is 5.92 Å². The van der Waals surface area contributed by atoms with Crippen LogP contribution >= 0.6 is 0 Å². The SMILES string of the molecule is Oc1cccc([C@@]23CCC[C@@H](C2)N(C[C@@H]2C[C@@H]2c2ccccc2)CC3)c1. The molecular formula is C24H29NO. The molecule has 0 radical (unpaired) electrons. The molecule has 136 valence electrons. The number of piperidine rings is 1. The topological polar surface area (TPSA) is 23.5 Å². The molecule has 0 unspecified atom stereocenters.